The van der Waals surface area contributed by atoms with Gasteiger partial charge in [0.1, 0.15) is 0 Å². The monoisotopic (exact) mass is 283 g/mol. The fourth-order valence-electron chi connectivity index (χ4n) is 2.03. The van der Waals surface area contributed by atoms with Gasteiger partial charge in [0, 0.05) is 33.4 Å². The van der Waals surface area contributed by atoms with Crippen molar-refractivity contribution in [2.45, 2.75) is 32.6 Å². The largest absolute Gasteiger partial charge is 0.382 e. The van der Waals surface area contributed by atoms with Crippen molar-refractivity contribution in [1.29, 1.82) is 0 Å². The second-order valence-electron chi connectivity index (χ2n) is 4.77. The van der Waals surface area contributed by atoms with Crippen LogP contribution < -0.4 is 10.6 Å². The van der Waals surface area contributed by atoms with Crippen LogP contribution in [0.5, 0.6) is 0 Å². The van der Waals surface area contributed by atoms with Crippen LogP contribution in [-0.2, 0) is 9.47 Å². The molecule has 116 valence electrons. The van der Waals surface area contributed by atoms with Crippen molar-refractivity contribution in [3.05, 3.63) is 11.6 Å². The third-order valence-electron chi connectivity index (χ3n) is 3.23. The van der Waals surface area contributed by atoms with E-state index in [4.69, 9.17) is 9.47 Å². The Morgan fingerprint density at radius 3 is 2.90 bits per heavy atom. The van der Waals surface area contributed by atoms with Crippen molar-refractivity contribution in [3.63, 3.8) is 0 Å². The fourth-order valence-corrected chi connectivity index (χ4v) is 2.03. The predicted molar refractivity (Wildman–Crippen MR) is 83.2 cm³/mol. The molecule has 0 aromatic heterocycles. The highest BCUT2D eigenvalue weighted by Gasteiger charge is 2.03. The molecule has 0 saturated heterocycles. The molecule has 1 aliphatic heterocycles. The first-order chi connectivity index (χ1) is 9.86. The van der Waals surface area contributed by atoms with Gasteiger partial charge in [-0.1, -0.05) is 11.6 Å². The molecule has 0 saturated carbocycles. The fraction of sp³-hybridized carbons (Fsp3) is 0.800. The zero-order valence-corrected chi connectivity index (χ0v) is 12.9. The van der Waals surface area contributed by atoms with Crippen LogP contribution in [0.3, 0.4) is 0 Å². The molecule has 0 aliphatic carbocycles. The van der Waals surface area contributed by atoms with Gasteiger partial charge in [-0.25, -0.2) is 0 Å². The first-order valence-corrected chi connectivity index (χ1v) is 7.64. The normalized spacial score (nSPS) is 15.9. The van der Waals surface area contributed by atoms with Crippen LogP contribution in [-0.4, -0.2) is 52.5 Å². The molecule has 0 amide bonds. The van der Waals surface area contributed by atoms with E-state index in [2.05, 4.69) is 21.7 Å². The molecule has 0 spiro atoms. The molecule has 0 bridgehead atoms. The third kappa shape index (κ3) is 8.17. The summed E-state index contributed by atoms with van der Waals surface area (Å²) < 4.78 is 10.6. The lowest BCUT2D eigenvalue weighted by molar-refractivity contribution is 0.143. The van der Waals surface area contributed by atoms with Crippen LogP contribution in [0.1, 0.15) is 32.6 Å². The maximum atomic E-state index is 5.31. The topological polar surface area (TPSA) is 54.9 Å². The number of nitrogens with zero attached hydrogens (tertiary/aromatic N) is 1. The standard InChI is InChI=1S/C15H29N3O2/c1-3-19-11-5-4-9-17-15(16-2)18-10-6-14-7-12-20-13-8-14/h7H,3-6,8-13H2,1-2H3,(H2,16,17,18). The summed E-state index contributed by atoms with van der Waals surface area (Å²) >= 11 is 0. The van der Waals surface area contributed by atoms with E-state index in [1.54, 1.807) is 0 Å². The molecule has 0 aromatic carbocycles. The molecule has 0 fully saturated rings. The highest BCUT2D eigenvalue weighted by molar-refractivity contribution is 5.79. The maximum Gasteiger partial charge on any atom is 0.190 e. The Kier molecular flexibility index (Phi) is 9.96. The Morgan fingerprint density at radius 1 is 1.35 bits per heavy atom. The van der Waals surface area contributed by atoms with Crippen LogP contribution in [0, 0.1) is 0 Å². The van der Waals surface area contributed by atoms with Gasteiger partial charge in [-0.2, -0.15) is 0 Å². The van der Waals surface area contributed by atoms with Crippen molar-refractivity contribution in [2.24, 2.45) is 4.99 Å². The summed E-state index contributed by atoms with van der Waals surface area (Å²) in [5.41, 5.74) is 1.48. The summed E-state index contributed by atoms with van der Waals surface area (Å²) in [5, 5.41) is 6.67. The Morgan fingerprint density at radius 2 is 2.20 bits per heavy atom. The molecule has 5 heteroatoms. The van der Waals surface area contributed by atoms with Crippen molar-refractivity contribution >= 4 is 5.96 Å². The van der Waals surface area contributed by atoms with Crippen LogP contribution in [0.4, 0.5) is 0 Å². The number of aliphatic imine (C=N–C) groups is 1. The summed E-state index contributed by atoms with van der Waals surface area (Å²) in [5.74, 6) is 0.883. The molecule has 1 aliphatic rings. The summed E-state index contributed by atoms with van der Waals surface area (Å²) in [4.78, 5) is 4.22. The van der Waals surface area contributed by atoms with Crippen LogP contribution >= 0.6 is 0 Å². The first kappa shape index (κ1) is 17.0. The lowest BCUT2D eigenvalue weighted by Crippen LogP contribution is -2.38. The number of ether oxygens (including phenoxy) is 2. The molecule has 0 atom stereocenters. The van der Waals surface area contributed by atoms with Crippen LogP contribution in [0.25, 0.3) is 0 Å². The molecule has 20 heavy (non-hydrogen) atoms. The molecule has 0 unspecified atom stereocenters. The minimum absolute atomic E-state index is 0.766. The SMILES string of the molecule is CCOCCCCNC(=NC)NCCC1=CCOCC1. The van der Waals surface area contributed by atoms with E-state index < -0.39 is 0 Å². The lowest BCUT2D eigenvalue weighted by atomic mass is 10.1. The number of guanidine groups is 1. The highest BCUT2D eigenvalue weighted by atomic mass is 16.5. The van der Waals surface area contributed by atoms with E-state index in [-0.39, 0.29) is 0 Å². The number of rotatable bonds is 9. The number of nitrogens with one attached hydrogen (secondary N) is 2. The lowest BCUT2D eigenvalue weighted by Gasteiger charge is -2.15. The zero-order valence-electron chi connectivity index (χ0n) is 12.9. The van der Waals surface area contributed by atoms with Crippen molar-refractivity contribution in [3.8, 4) is 0 Å². The van der Waals surface area contributed by atoms with E-state index in [1.165, 1.54) is 5.57 Å². The Balaban J connectivity index is 2.03. The minimum Gasteiger partial charge on any atom is -0.382 e. The van der Waals surface area contributed by atoms with Crippen molar-refractivity contribution in [1.82, 2.24) is 10.6 Å². The molecule has 0 aromatic rings. The molecular weight excluding hydrogens is 254 g/mol. The average Bonchev–Trinajstić information content (AvgIpc) is 2.50. The Bertz CT molecular complexity index is 303. The van der Waals surface area contributed by atoms with Gasteiger partial charge in [0.2, 0.25) is 0 Å². The number of hydrogen-bond acceptors (Lipinski definition) is 3. The summed E-state index contributed by atoms with van der Waals surface area (Å²) in [6, 6.07) is 0. The van der Waals surface area contributed by atoms with Crippen LogP contribution in [0.2, 0.25) is 0 Å². The molecule has 1 rings (SSSR count). The van der Waals surface area contributed by atoms with E-state index in [9.17, 15) is 0 Å². The molecule has 0 radical (unpaired) electrons. The van der Waals surface area contributed by atoms with Gasteiger partial charge in [0.25, 0.3) is 0 Å². The molecule has 2 N–H and O–H groups in total. The number of unbranched alkanes of at least 4 members (excludes halogenated alkanes) is 1. The first-order valence-electron chi connectivity index (χ1n) is 7.64. The average molecular weight is 283 g/mol. The summed E-state index contributed by atoms with van der Waals surface area (Å²) in [6.45, 7) is 7.16. The summed E-state index contributed by atoms with van der Waals surface area (Å²) in [6.07, 6.45) is 6.50. The van der Waals surface area contributed by atoms with Gasteiger partial charge >= 0.3 is 0 Å². The van der Waals surface area contributed by atoms with E-state index in [0.29, 0.717) is 0 Å². The van der Waals surface area contributed by atoms with Crippen molar-refractivity contribution < 1.29 is 9.47 Å². The zero-order chi connectivity index (χ0) is 14.5. The second-order valence-corrected chi connectivity index (χ2v) is 4.77. The maximum absolute atomic E-state index is 5.31. The quantitative estimate of drug-likeness (QED) is 0.293. The minimum atomic E-state index is 0.766. The van der Waals surface area contributed by atoms with Crippen molar-refractivity contribution in [2.75, 3.05) is 46.6 Å². The molecule has 1 heterocycles. The van der Waals surface area contributed by atoms with Crippen LogP contribution in [0.15, 0.2) is 16.6 Å². The van der Waals surface area contributed by atoms with Gasteiger partial charge < -0.3 is 20.1 Å². The van der Waals surface area contributed by atoms with E-state index in [1.807, 2.05) is 14.0 Å². The highest BCUT2D eigenvalue weighted by Crippen LogP contribution is 2.10. The molecular formula is C15H29N3O2. The van der Waals surface area contributed by atoms with Gasteiger partial charge in [-0.05, 0) is 32.6 Å². The Labute approximate surface area is 122 Å². The molecule has 5 nitrogen and oxygen atoms in total. The third-order valence-corrected chi connectivity index (χ3v) is 3.23. The number of hydrogen-bond donors (Lipinski definition) is 2. The smallest absolute Gasteiger partial charge is 0.190 e. The van der Waals surface area contributed by atoms with E-state index in [0.717, 1.165) is 71.2 Å². The summed E-state index contributed by atoms with van der Waals surface area (Å²) in [7, 11) is 1.81. The van der Waals surface area contributed by atoms with Gasteiger partial charge in [0.05, 0.1) is 13.2 Å². The van der Waals surface area contributed by atoms with Gasteiger partial charge in [-0.15, -0.1) is 0 Å². The van der Waals surface area contributed by atoms with Gasteiger partial charge in [0.15, 0.2) is 5.96 Å². The predicted octanol–water partition coefficient (Wildman–Crippen LogP) is 1.70. The van der Waals surface area contributed by atoms with Gasteiger partial charge in [-0.3, -0.25) is 4.99 Å². The van der Waals surface area contributed by atoms with E-state index >= 15 is 0 Å². The Hall–Kier alpha value is -1.07. The second kappa shape index (κ2) is 11.7.